The summed E-state index contributed by atoms with van der Waals surface area (Å²) in [5.41, 5.74) is 7.76. The lowest BCUT2D eigenvalue weighted by Gasteiger charge is -2.33. The number of hydrogen-bond acceptors (Lipinski definition) is 3. The summed E-state index contributed by atoms with van der Waals surface area (Å²) in [6.07, 6.45) is 10.5. The first kappa shape index (κ1) is 31.2. The number of benzene rings is 3. The summed E-state index contributed by atoms with van der Waals surface area (Å²) in [6.45, 7) is 15.2. The first-order chi connectivity index (χ1) is 21.5. The SMILES string of the molecule is CCCn1cc(C(OS(C)(=O)=O)(c2cn(CCC)c3cc(C)ccc23)c2cn(CCC)c3cc(C)ccc23)c2ccc(C)cc21. The number of aryl methyl sites for hydroxylation is 6. The normalized spacial score (nSPS) is 12.7. The van der Waals surface area contributed by atoms with Gasteiger partial charge < -0.3 is 13.7 Å². The van der Waals surface area contributed by atoms with E-state index in [4.69, 9.17) is 4.18 Å². The Labute approximate surface area is 267 Å². The van der Waals surface area contributed by atoms with Crippen LogP contribution in [0.1, 0.15) is 73.4 Å². The molecule has 45 heavy (non-hydrogen) atoms. The summed E-state index contributed by atoms with van der Waals surface area (Å²) < 4.78 is 40.9. The second-order valence-electron chi connectivity index (χ2n) is 12.7. The van der Waals surface area contributed by atoms with Crippen LogP contribution in [0.15, 0.2) is 73.2 Å². The summed E-state index contributed by atoms with van der Waals surface area (Å²) in [6, 6.07) is 19.3. The maximum atomic E-state index is 13.7. The van der Waals surface area contributed by atoms with E-state index in [1.807, 2.05) is 0 Å². The molecule has 0 radical (unpaired) electrons. The highest BCUT2D eigenvalue weighted by molar-refractivity contribution is 7.86. The predicted molar refractivity (Wildman–Crippen MR) is 187 cm³/mol. The highest BCUT2D eigenvalue weighted by Gasteiger charge is 2.47. The molecule has 0 fully saturated rings. The molecule has 0 atom stereocenters. The van der Waals surface area contributed by atoms with Gasteiger partial charge in [0.15, 0.2) is 5.60 Å². The molecule has 3 heterocycles. The molecule has 0 bridgehead atoms. The van der Waals surface area contributed by atoms with Crippen molar-refractivity contribution >= 4 is 42.8 Å². The van der Waals surface area contributed by atoms with Gasteiger partial charge in [0.2, 0.25) is 0 Å². The third kappa shape index (κ3) is 5.40. The number of fused-ring (bicyclic) bond motifs is 3. The quantitative estimate of drug-likeness (QED) is 0.135. The van der Waals surface area contributed by atoms with Crippen molar-refractivity contribution in [1.82, 2.24) is 13.7 Å². The van der Waals surface area contributed by atoms with Crippen LogP contribution in [0.4, 0.5) is 0 Å². The molecule has 6 aromatic rings. The molecule has 0 N–H and O–H groups in total. The van der Waals surface area contributed by atoms with Gasteiger partial charge >= 0.3 is 0 Å². The molecule has 0 amide bonds. The lowest BCUT2D eigenvalue weighted by molar-refractivity contribution is 0.170. The van der Waals surface area contributed by atoms with Gasteiger partial charge in [-0.3, -0.25) is 0 Å². The summed E-state index contributed by atoms with van der Waals surface area (Å²) in [4.78, 5) is 0. The number of nitrogens with zero attached hydrogens (tertiary/aromatic N) is 3. The Kier molecular flexibility index (Phi) is 8.21. The van der Waals surface area contributed by atoms with Gasteiger partial charge in [-0.15, -0.1) is 0 Å². The first-order valence-corrected chi connectivity index (χ1v) is 18.0. The fourth-order valence-electron chi connectivity index (χ4n) is 7.12. The van der Waals surface area contributed by atoms with E-state index in [2.05, 4.69) is 128 Å². The standard InChI is InChI=1S/C38H45N3O3S/c1-8-17-39-23-32(29-14-11-26(4)20-35(29)39)38(44-45(7,42)43,33-24-40(18-9-2)36-21-27(5)12-15-30(33)36)34-25-41(19-10-3)37-22-28(6)13-16-31(34)37/h11-16,20-25H,8-10,17-19H2,1-7H3. The zero-order valence-electron chi connectivity index (χ0n) is 27.6. The third-order valence-electron chi connectivity index (χ3n) is 8.92. The average molecular weight is 624 g/mol. The number of aromatic nitrogens is 3. The molecule has 0 saturated heterocycles. The maximum absolute atomic E-state index is 13.7. The molecule has 0 unspecified atom stereocenters. The van der Waals surface area contributed by atoms with E-state index >= 15 is 0 Å². The van der Waals surface area contributed by atoms with Crippen molar-refractivity contribution in [2.45, 2.75) is 86.0 Å². The minimum absolute atomic E-state index is 0.808. The van der Waals surface area contributed by atoms with Crippen LogP contribution in [0, 0.1) is 20.8 Å². The second-order valence-corrected chi connectivity index (χ2v) is 14.3. The van der Waals surface area contributed by atoms with Crippen molar-refractivity contribution < 1.29 is 12.6 Å². The molecule has 7 heteroatoms. The smallest absolute Gasteiger partial charge is 0.265 e. The minimum Gasteiger partial charge on any atom is -0.347 e. The van der Waals surface area contributed by atoms with Crippen LogP contribution in [-0.4, -0.2) is 28.4 Å². The highest BCUT2D eigenvalue weighted by Crippen LogP contribution is 2.50. The van der Waals surface area contributed by atoms with E-state index in [1.54, 1.807) is 0 Å². The Morgan fingerprint density at radius 1 is 0.578 bits per heavy atom. The molecule has 0 spiro atoms. The average Bonchev–Trinajstić information content (AvgIpc) is 3.64. The second kappa shape index (κ2) is 11.8. The molecule has 6 rings (SSSR count). The van der Waals surface area contributed by atoms with Crippen LogP contribution in [0.25, 0.3) is 32.7 Å². The lowest BCUT2D eigenvalue weighted by atomic mass is 9.79. The van der Waals surface area contributed by atoms with Crippen molar-refractivity contribution in [3.63, 3.8) is 0 Å². The Bertz CT molecular complexity index is 1930. The topological polar surface area (TPSA) is 58.2 Å². The number of rotatable bonds is 11. The molecule has 6 nitrogen and oxygen atoms in total. The van der Waals surface area contributed by atoms with Crippen LogP contribution < -0.4 is 0 Å². The molecule has 236 valence electrons. The Morgan fingerprint density at radius 3 is 1.16 bits per heavy atom. The fourth-order valence-corrected chi connectivity index (χ4v) is 7.85. The van der Waals surface area contributed by atoms with Crippen LogP contribution in [0.3, 0.4) is 0 Å². The molecule has 0 aliphatic heterocycles. The molecule has 0 aliphatic rings. The lowest BCUT2D eigenvalue weighted by Crippen LogP contribution is -2.35. The molecule has 3 aromatic carbocycles. The van der Waals surface area contributed by atoms with Gasteiger partial charge in [0.05, 0.1) is 6.26 Å². The number of hydrogen-bond donors (Lipinski definition) is 0. The van der Waals surface area contributed by atoms with Crippen LogP contribution in [0.2, 0.25) is 0 Å². The first-order valence-electron chi connectivity index (χ1n) is 16.2. The Morgan fingerprint density at radius 2 is 0.889 bits per heavy atom. The van der Waals surface area contributed by atoms with Gasteiger partial charge in [0.25, 0.3) is 10.1 Å². The van der Waals surface area contributed by atoms with E-state index in [0.717, 1.165) is 105 Å². The summed E-state index contributed by atoms with van der Waals surface area (Å²) in [5.74, 6) is 0. The van der Waals surface area contributed by atoms with E-state index in [-0.39, 0.29) is 0 Å². The molecular formula is C38H45N3O3S. The van der Waals surface area contributed by atoms with Crippen LogP contribution in [-0.2, 0) is 39.5 Å². The van der Waals surface area contributed by atoms with E-state index in [1.165, 1.54) is 6.26 Å². The Balaban J connectivity index is 1.87. The zero-order chi connectivity index (χ0) is 32.1. The van der Waals surface area contributed by atoms with Crippen molar-refractivity contribution in [1.29, 1.82) is 0 Å². The molecule has 0 aliphatic carbocycles. The molecule has 3 aromatic heterocycles. The minimum atomic E-state index is -3.99. The monoisotopic (exact) mass is 623 g/mol. The summed E-state index contributed by atoms with van der Waals surface area (Å²) in [7, 11) is -3.99. The van der Waals surface area contributed by atoms with Gasteiger partial charge in [0, 0.05) is 87.6 Å². The van der Waals surface area contributed by atoms with E-state index in [0.29, 0.717) is 0 Å². The van der Waals surface area contributed by atoms with Gasteiger partial charge in [-0.25, -0.2) is 4.18 Å². The van der Waals surface area contributed by atoms with Gasteiger partial charge in [-0.05, 0) is 74.9 Å². The van der Waals surface area contributed by atoms with E-state index < -0.39 is 15.7 Å². The van der Waals surface area contributed by atoms with Gasteiger partial charge in [-0.1, -0.05) is 57.2 Å². The van der Waals surface area contributed by atoms with Crippen LogP contribution in [0.5, 0.6) is 0 Å². The van der Waals surface area contributed by atoms with E-state index in [9.17, 15) is 8.42 Å². The van der Waals surface area contributed by atoms with Crippen molar-refractivity contribution in [2.24, 2.45) is 0 Å². The van der Waals surface area contributed by atoms with Gasteiger partial charge in [0.1, 0.15) is 0 Å². The van der Waals surface area contributed by atoms with Crippen molar-refractivity contribution in [2.75, 3.05) is 6.26 Å². The fraction of sp³-hybridized carbons (Fsp3) is 0.368. The molecular weight excluding hydrogens is 579 g/mol. The zero-order valence-corrected chi connectivity index (χ0v) is 28.5. The van der Waals surface area contributed by atoms with Crippen molar-refractivity contribution in [3.05, 3.63) is 107 Å². The predicted octanol–water partition coefficient (Wildman–Crippen LogP) is 8.97. The Hall–Kier alpha value is -3.81. The van der Waals surface area contributed by atoms with Crippen molar-refractivity contribution in [3.8, 4) is 0 Å². The van der Waals surface area contributed by atoms with Gasteiger partial charge in [-0.2, -0.15) is 8.42 Å². The largest absolute Gasteiger partial charge is 0.347 e. The summed E-state index contributed by atoms with van der Waals surface area (Å²) >= 11 is 0. The third-order valence-corrected chi connectivity index (χ3v) is 9.47. The van der Waals surface area contributed by atoms with Crippen LogP contribution >= 0.6 is 0 Å². The highest BCUT2D eigenvalue weighted by atomic mass is 32.2. The summed E-state index contributed by atoms with van der Waals surface area (Å²) in [5, 5.41) is 2.97. The molecule has 0 saturated carbocycles. The maximum Gasteiger partial charge on any atom is 0.265 e.